The lowest BCUT2D eigenvalue weighted by molar-refractivity contribution is 0.264. The SMILES string of the molecule is CCc1ccccc1CNCC1CCN(C(C)C)C1. The van der Waals surface area contributed by atoms with Crippen molar-refractivity contribution in [1.29, 1.82) is 0 Å². The Kier molecular flexibility index (Phi) is 5.41. The van der Waals surface area contributed by atoms with Crippen molar-refractivity contribution in [3.05, 3.63) is 35.4 Å². The number of nitrogens with zero attached hydrogens (tertiary/aromatic N) is 1. The Labute approximate surface area is 118 Å². The maximum atomic E-state index is 3.65. The van der Waals surface area contributed by atoms with Crippen molar-refractivity contribution in [1.82, 2.24) is 10.2 Å². The van der Waals surface area contributed by atoms with Crippen LogP contribution >= 0.6 is 0 Å². The second-order valence-corrected chi connectivity index (χ2v) is 6.00. The predicted molar refractivity (Wildman–Crippen MR) is 82.3 cm³/mol. The highest BCUT2D eigenvalue weighted by Gasteiger charge is 2.23. The zero-order chi connectivity index (χ0) is 13.7. The highest BCUT2D eigenvalue weighted by atomic mass is 15.2. The highest BCUT2D eigenvalue weighted by molar-refractivity contribution is 5.26. The lowest BCUT2D eigenvalue weighted by Gasteiger charge is -2.20. The van der Waals surface area contributed by atoms with Crippen molar-refractivity contribution in [2.45, 2.75) is 46.2 Å². The summed E-state index contributed by atoms with van der Waals surface area (Å²) in [4.78, 5) is 2.59. The van der Waals surface area contributed by atoms with Gasteiger partial charge in [-0.15, -0.1) is 0 Å². The summed E-state index contributed by atoms with van der Waals surface area (Å²) >= 11 is 0. The standard InChI is InChI=1S/C17H28N2/c1-4-16-7-5-6-8-17(16)12-18-11-15-9-10-19(13-15)14(2)3/h5-8,14-15,18H,4,9-13H2,1-3H3. The normalized spacial score (nSPS) is 20.3. The first-order chi connectivity index (χ1) is 9.20. The van der Waals surface area contributed by atoms with Gasteiger partial charge in [0, 0.05) is 19.1 Å². The topological polar surface area (TPSA) is 15.3 Å². The molecule has 0 spiro atoms. The summed E-state index contributed by atoms with van der Waals surface area (Å²) in [6.45, 7) is 11.5. The summed E-state index contributed by atoms with van der Waals surface area (Å²) in [6.07, 6.45) is 2.48. The molecule has 0 saturated carbocycles. The van der Waals surface area contributed by atoms with E-state index < -0.39 is 0 Å². The molecule has 0 radical (unpaired) electrons. The molecular formula is C17H28N2. The first kappa shape index (κ1) is 14.5. The van der Waals surface area contributed by atoms with E-state index in [0.717, 1.165) is 25.4 Å². The third kappa shape index (κ3) is 4.05. The molecule has 1 saturated heterocycles. The summed E-state index contributed by atoms with van der Waals surface area (Å²) in [5.41, 5.74) is 2.94. The predicted octanol–water partition coefficient (Wildman–Crippen LogP) is 3.07. The molecule has 0 aromatic heterocycles. The van der Waals surface area contributed by atoms with Gasteiger partial charge in [0.05, 0.1) is 0 Å². The number of nitrogens with one attached hydrogen (secondary N) is 1. The minimum atomic E-state index is 0.700. The van der Waals surface area contributed by atoms with Gasteiger partial charge in [0.1, 0.15) is 0 Å². The number of aryl methyl sites for hydroxylation is 1. The van der Waals surface area contributed by atoms with Crippen LogP contribution < -0.4 is 5.32 Å². The summed E-state index contributed by atoms with van der Waals surface area (Å²) in [7, 11) is 0. The van der Waals surface area contributed by atoms with Gasteiger partial charge in [-0.3, -0.25) is 0 Å². The lowest BCUT2D eigenvalue weighted by Crippen LogP contribution is -2.30. The van der Waals surface area contributed by atoms with Gasteiger partial charge in [0.15, 0.2) is 0 Å². The van der Waals surface area contributed by atoms with Crippen LogP contribution in [0.5, 0.6) is 0 Å². The zero-order valence-electron chi connectivity index (χ0n) is 12.7. The molecule has 1 heterocycles. The molecule has 1 aromatic rings. The van der Waals surface area contributed by atoms with Crippen molar-refractivity contribution >= 4 is 0 Å². The molecule has 1 atom stereocenters. The maximum Gasteiger partial charge on any atom is 0.0208 e. The van der Waals surface area contributed by atoms with Gasteiger partial charge >= 0.3 is 0 Å². The van der Waals surface area contributed by atoms with Gasteiger partial charge in [-0.05, 0) is 56.8 Å². The van der Waals surface area contributed by atoms with Crippen molar-refractivity contribution in [2.75, 3.05) is 19.6 Å². The van der Waals surface area contributed by atoms with Gasteiger partial charge in [-0.2, -0.15) is 0 Å². The fraction of sp³-hybridized carbons (Fsp3) is 0.647. The largest absolute Gasteiger partial charge is 0.312 e. The van der Waals surface area contributed by atoms with Crippen LogP contribution in [0.25, 0.3) is 0 Å². The molecule has 1 N–H and O–H groups in total. The van der Waals surface area contributed by atoms with Crippen LogP contribution in [-0.2, 0) is 13.0 Å². The molecule has 106 valence electrons. The summed E-state index contributed by atoms with van der Waals surface area (Å²) in [5.74, 6) is 0.830. The van der Waals surface area contributed by atoms with E-state index in [-0.39, 0.29) is 0 Å². The minimum absolute atomic E-state index is 0.700. The van der Waals surface area contributed by atoms with Crippen LogP contribution in [0.15, 0.2) is 24.3 Å². The van der Waals surface area contributed by atoms with Crippen molar-refractivity contribution in [3.8, 4) is 0 Å². The van der Waals surface area contributed by atoms with Gasteiger partial charge in [-0.25, -0.2) is 0 Å². The molecule has 0 amide bonds. The van der Waals surface area contributed by atoms with Crippen molar-refractivity contribution in [3.63, 3.8) is 0 Å². The van der Waals surface area contributed by atoms with Gasteiger partial charge in [0.25, 0.3) is 0 Å². The Hall–Kier alpha value is -0.860. The first-order valence-electron chi connectivity index (χ1n) is 7.72. The summed E-state index contributed by atoms with van der Waals surface area (Å²) in [5, 5.41) is 3.65. The molecule has 2 heteroatoms. The number of benzene rings is 1. The quantitative estimate of drug-likeness (QED) is 0.845. The van der Waals surface area contributed by atoms with E-state index in [1.54, 1.807) is 0 Å². The van der Waals surface area contributed by atoms with E-state index in [2.05, 4.69) is 55.3 Å². The van der Waals surface area contributed by atoms with Gasteiger partial charge in [0.2, 0.25) is 0 Å². The fourth-order valence-corrected chi connectivity index (χ4v) is 2.98. The third-order valence-corrected chi connectivity index (χ3v) is 4.30. The van der Waals surface area contributed by atoms with E-state index in [1.807, 2.05) is 0 Å². The minimum Gasteiger partial charge on any atom is -0.312 e. The summed E-state index contributed by atoms with van der Waals surface area (Å²) in [6, 6.07) is 9.48. The molecule has 0 bridgehead atoms. The average molecular weight is 260 g/mol. The lowest BCUT2D eigenvalue weighted by atomic mass is 10.0. The molecule has 2 nitrogen and oxygen atoms in total. The van der Waals surface area contributed by atoms with Crippen LogP contribution in [0.3, 0.4) is 0 Å². The van der Waals surface area contributed by atoms with E-state index in [9.17, 15) is 0 Å². The second-order valence-electron chi connectivity index (χ2n) is 6.00. The Morgan fingerprint density at radius 1 is 1.26 bits per heavy atom. The van der Waals surface area contributed by atoms with Crippen LogP contribution in [0, 0.1) is 5.92 Å². The Balaban J connectivity index is 1.75. The number of likely N-dealkylation sites (tertiary alicyclic amines) is 1. The van der Waals surface area contributed by atoms with E-state index in [1.165, 1.54) is 30.6 Å². The van der Waals surface area contributed by atoms with Gasteiger partial charge in [-0.1, -0.05) is 31.2 Å². The monoisotopic (exact) mass is 260 g/mol. The molecule has 1 unspecified atom stereocenters. The van der Waals surface area contributed by atoms with Crippen molar-refractivity contribution < 1.29 is 0 Å². The highest BCUT2D eigenvalue weighted by Crippen LogP contribution is 2.18. The molecular weight excluding hydrogens is 232 g/mol. The Morgan fingerprint density at radius 2 is 2.00 bits per heavy atom. The second kappa shape index (κ2) is 7.06. The summed E-state index contributed by atoms with van der Waals surface area (Å²) < 4.78 is 0. The number of rotatable bonds is 6. The van der Waals surface area contributed by atoms with Crippen LogP contribution in [0.2, 0.25) is 0 Å². The fourth-order valence-electron chi connectivity index (χ4n) is 2.98. The molecule has 1 aliphatic heterocycles. The maximum absolute atomic E-state index is 3.65. The molecule has 2 rings (SSSR count). The molecule has 0 aliphatic carbocycles. The Bertz CT molecular complexity index is 387. The smallest absolute Gasteiger partial charge is 0.0208 e. The number of hydrogen-bond donors (Lipinski definition) is 1. The molecule has 1 fully saturated rings. The van der Waals surface area contributed by atoms with E-state index in [0.29, 0.717) is 6.04 Å². The first-order valence-corrected chi connectivity index (χ1v) is 7.72. The van der Waals surface area contributed by atoms with Crippen LogP contribution in [0.1, 0.15) is 38.3 Å². The van der Waals surface area contributed by atoms with Gasteiger partial charge < -0.3 is 10.2 Å². The molecule has 19 heavy (non-hydrogen) atoms. The van der Waals surface area contributed by atoms with E-state index >= 15 is 0 Å². The average Bonchev–Trinajstić information content (AvgIpc) is 2.88. The Morgan fingerprint density at radius 3 is 2.63 bits per heavy atom. The van der Waals surface area contributed by atoms with E-state index in [4.69, 9.17) is 0 Å². The zero-order valence-corrected chi connectivity index (χ0v) is 12.7. The van der Waals surface area contributed by atoms with Crippen molar-refractivity contribution in [2.24, 2.45) is 5.92 Å². The molecule has 1 aliphatic rings. The van der Waals surface area contributed by atoms with Crippen LogP contribution in [0.4, 0.5) is 0 Å². The number of hydrogen-bond acceptors (Lipinski definition) is 2. The molecule has 1 aromatic carbocycles. The van der Waals surface area contributed by atoms with Crippen LogP contribution in [-0.4, -0.2) is 30.6 Å². The third-order valence-electron chi connectivity index (χ3n) is 4.30.